The van der Waals surface area contributed by atoms with E-state index < -0.39 is 66.4 Å². The van der Waals surface area contributed by atoms with E-state index in [1.54, 1.807) is 39.8 Å². The smallest absolute Gasteiger partial charge is 0.407 e. The van der Waals surface area contributed by atoms with Crippen molar-refractivity contribution in [3.8, 4) is 0 Å². The Morgan fingerprint density at radius 1 is 0.290 bits per heavy atom. The molecule has 55 heteroatoms. The highest BCUT2D eigenvalue weighted by Gasteiger charge is 2.15. The number of carbonyl (C=O) groups is 9. The van der Waals surface area contributed by atoms with Gasteiger partial charge < -0.3 is 187 Å². The van der Waals surface area contributed by atoms with Gasteiger partial charge in [-0.3, -0.25) is 38.4 Å². The summed E-state index contributed by atoms with van der Waals surface area (Å²) in [5, 5.41) is 56.8. The fraction of sp³-hybridized carbons (Fsp3) is 0.833. The SMILES string of the molecule is C=C(NCCNC(=O)CNC(=O)CNC(=O)CNC(=O)CNO)OCc1cn(CCOCCOCCOCCC)nn1.CCC.CCOCCOCCOCCOCCOCCOCCOCCOCCOCCOCCOCCn1cc(COC(=O)NCCNC(=O)CNC(=O)CNC(=O)CNC(=O)CNO)nn1.COCCOCCOCCOCCOCCOCCOCCOCCOCCOCCC(C)(C)C. The van der Waals surface area contributed by atoms with Crippen molar-refractivity contribution in [1.29, 1.82) is 0 Å². The van der Waals surface area contributed by atoms with Gasteiger partial charge in [-0.25, -0.2) is 14.2 Å². The molecule has 55 nitrogen and oxygen atoms in total. The molecule has 0 saturated heterocycles. The molecule has 0 atom stereocenters. The molecular weight excluding hydrogens is 1930 g/mol. The number of carbonyl (C=O) groups excluding carboxylic acids is 9. The molecule has 9 amide bonds. The Kier molecular flexibility index (Phi) is 105. The maximum absolute atomic E-state index is 12.0. The number of hydrogen-bond acceptors (Lipinski definition) is 44. The Balaban J connectivity index is 0. The first-order valence-corrected chi connectivity index (χ1v) is 49.0. The second kappa shape index (κ2) is 110. The molecule has 0 fully saturated rings. The molecule has 0 aliphatic rings. The summed E-state index contributed by atoms with van der Waals surface area (Å²) in [6.45, 7) is 42.2. The molecule has 145 heavy (non-hydrogen) atoms. The lowest BCUT2D eigenvalue weighted by atomic mass is 9.93. The Morgan fingerprint density at radius 3 is 0.766 bits per heavy atom. The maximum atomic E-state index is 12.0. The van der Waals surface area contributed by atoms with Crippen molar-refractivity contribution in [2.24, 2.45) is 5.41 Å². The molecule has 0 saturated carbocycles. The van der Waals surface area contributed by atoms with Crippen molar-refractivity contribution in [1.82, 2.24) is 94.1 Å². The predicted octanol–water partition coefficient (Wildman–Crippen LogP) is -3.46. The van der Waals surface area contributed by atoms with Crippen LogP contribution in [0.1, 0.15) is 79.1 Å². The molecule has 0 radical (unpaired) electrons. The van der Waals surface area contributed by atoms with E-state index in [0.717, 1.165) is 26.1 Å². The molecule has 846 valence electrons. The quantitative estimate of drug-likeness (QED) is 0.0174. The number of rotatable bonds is 102. The third kappa shape index (κ3) is 110. The van der Waals surface area contributed by atoms with Crippen LogP contribution in [0.2, 0.25) is 0 Å². The fourth-order valence-corrected chi connectivity index (χ4v) is 9.65. The van der Waals surface area contributed by atoms with Crippen molar-refractivity contribution < 1.29 is 177 Å². The zero-order valence-electron chi connectivity index (χ0n) is 86.9. The minimum atomic E-state index is -0.730. The van der Waals surface area contributed by atoms with Crippen LogP contribution in [0.5, 0.6) is 0 Å². The first-order valence-electron chi connectivity index (χ1n) is 49.0. The predicted molar refractivity (Wildman–Crippen MR) is 521 cm³/mol. The topological polar surface area (TPSA) is 640 Å². The number of nitrogens with one attached hydrogen (secondary N) is 12. The summed E-state index contributed by atoms with van der Waals surface area (Å²) in [4.78, 5) is 105. The average molecular weight is 2100 g/mol. The van der Waals surface area contributed by atoms with Crippen LogP contribution in [0, 0.1) is 5.41 Å². The molecule has 0 aromatic carbocycles. The summed E-state index contributed by atoms with van der Waals surface area (Å²) >= 11 is 0. The third-order valence-corrected chi connectivity index (χ3v) is 16.9. The van der Waals surface area contributed by atoms with Gasteiger partial charge in [-0.15, -0.1) is 10.2 Å². The lowest BCUT2D eigenvalue weighted by molar-refractivity contribution is -0.128. The van der Waals surface area contributed by atoms with E-state index in [2.05, 4.69) is 122 Å². The first kappa shape index (κ1) is 139. The Bertz CT molecular complexity index is 3320. The molecule has 2 aromatic rings. The van der Waals surface area contributed by atoms with E-state index in [4.69, 9.17) is 134 Å². The maximum Gasteiger partial charge on any atom is 0.407 e. The van der Waals surface area contributed by atoms with Gasteiger partial charge in [-0.1, -0.05) is 58.4 Å². The summed E-state index contributed by atoms with van der Waals surface area (Å²) in [5.74, 6) is -4.35. The van der Waals surface area contributed by atoms with Crippen LogP contribution >= 0.6 is 0 Å². The molecule has 2 heterocycles. The summed E-state index contributed by atoms with van der Waals surface area (Å²) < 4.78 is 144. The fourth-order valence-electron chi connectivity index (χ4n) is 9.65. The summed E-state index contributed by atoms with van der Waals surface area (Å²) in [7, 11) is 1.65. The van der Waals surface area contributed by atoms with E-state index in [1.165, 1.54) is 6.42 Å². The minimum absolute atomic E-state index is 0.0557. The highest BCUT2D eigenvalue weighted by Crippen LogP contribution is 2.18. The number of amides is 9. The molecule has 0 aliphatic carbocycles. The van der Waals surface area contributed by atoms with Gasteiger partial charge in [0.25, 0.3) is 0 Å². The Morgan fingerprint density at radius 2 is 0.510 bits per heavy atom. The van der Waals surface area contributed by atoms with Crippen LogP contribution < -0.4 is 64.1 Å². The van der Waals surface area contributed by atoms with Crippen molar-refractivity contribution >= 4 is 53.4 Å². The monoisotopic (exact) mass is 2100 g/mol. The zero-order valence-corrected chi connectivity index (χ0v) is 86.9. The van der Waals surface area contributed by atoms with E-state index in [0.29, 0.717) is 334 Å². The van der Waals surface area contributed by atoms with Crippen LogP contribution in [0.25, 0.3) is 0 Å². The van der Waals surface area contributed by atoms with Crippen molar-refractivity contribution in [3.63, 3.8) is 0 Å². The number of alkyl carbamates (subject to hydrolysis) is 1. The third-order valence-electron chi connectivity index (χ3n) is 16.9. The average Bonchev–Trinajstić information content (AvgIpc) is 1.78. The van der Waals surface area contributed by atoms with Gasteiger partial charge in [0.15, 0.2) is 5.88 Å². The number of hydrogen-bond donors (Lipinski definition) is 14. The van der Waals surface area contributed by atoms with Gasteiger partial charge in [0.05, 0.1) is 369 Å². The Labute approximate surface area is 852 Å². The van der Waals surface area contributed by atoms with E-state index in [9.17, 15) is 43.2 Å². The van der Waals surface area contributed by atoms with Crippen LogP contribution in [0.15, 0.2) is 24.9 Å². The molecule has 14 N–H and O–H groups in total. The van der Waals surface area contributed by atoms with Gasteiger partial charge in [0.1, 0.15) is 24.6 Å². The van der Waals surface area contributed by atoms with Crippen LogP contribution in [-0.4, -0.2) is 490 Å². The second-order valence-corrected chi connectivity index (χ2v) is 30.8. The molecule has 2 rings (SSSR count). The van der Waals surface area contributed by atoms with E-state index in [1.807, 2.05) is 6.92 Å². The van der Waals surface area contributed by atoms with Gasteiger partial charge >= 0.3 is 6.09 Å². The van der Waals surface area contributed by atoms with Crippen LogP contribution in [0.4, 0.5) is 4.79 Å². The van der Waals surface area contributed by atoms with Crippen LogP contribution in [0.3, 0.4) is 0 Å². The number of hydroxylamine groups is 2. The van der Waals surface area contributed by atoms with Gasteiger partial charge in [-0.05, 0) is 31.8 Å². The summed E-state index contributed by atoms with van der Waals surface area (Å²) in [6, 6.07) is 0. The normalized spacial score (nSPS) is 11.0. The first-order chi connectivity index (χ1) is 70.6. The number of nitrogens with zero attached hydrogens (tertiary/aromatic N) is 6. The highest BCUT2D eigenvalue weighted by molar-refractivity contribution is 5.91. The highest BCUT2D eigenvalue weighted by atomic mass is 16.6. The van der Waals surface area contributed by atoms with E-state index >= 15 is 0 Å². The lowest BCUT2D eigenvalue weighted by Gasteiger charge is -2.17. The zero-order chi connectivity index (χ0) is 106. The summed E-state index contributed by atoms with van der Waals surface area (Å²) in [5.41, 5.74) is 4.63. The summed E-state index contributed by atoms with van der Waals surface area (Å²) in [6.07, 6.45) is 5.92. The van der Waals surface area contributed by atoms with E-state index in [-0.39, 0.29) is 78.0 Å². The molecule has 0 aliphatic heterocycles. The number of ether oxygens (including phenoxy) is 26. The largest absolute Gasteiger partial charge is 0.473 e. The number of methoxy groups -OCH3 is 1. The van der Waals surface area contributed by atoms with Crippen molar-refractivity contribution in [2.75, 3.05) is 396 Å². The van der Waals surface area contributed by atoms with Gasteiger partial charge in [-0.2, -0.15) is 11.0 Å². The molecule has 0 spiro atoms. The molecule has 2 aromatic heterocycles. The van der Waals surface area contributed by atoms with Crippen molar-refractivity contribution in [2.45, 2.75) is 94.0 Å². The molecular formula is C90H174N18O37. The standard InChI is InChI=1S/C38H71N9O18.C25H52O10.C24H43N9O9.C3H8/c1-2-54-7-8-56-11-12-58-15-16-60-19-20-62-23-24-64-26-25-63-22-21-61-18-17-59-14-13-57-10-9-55-6-5-47-31-33(45-46-47)32-65-38(52)40-4-3-39-34(48)27-41-35(49)28-42-36(50)29-43-37(51)30-44-53;1-25(2,3)5-6-27-9-10-29-13-14-31-17-18-33-21-22-35-24-23-34-20-19-32-16-15-30-12-11-28-8-7-26-4;1-3-7-39-9-11-41-12-10-40-8-6-33-17-20(31-32-33)18-42-19(2)25-4-5-26-21(34)13-27-22(35)14-28-23(36)15-29-24(37)16-30-38;1-3-2/h31,44,53H,2-30,32H2,1H3,(H,39,48)(H,40,52)(H,41,49)(H,42,50)(H,43,51);5-24H2,1-4H3;17,25,30,38H,2-16,18H2,1H3,(H,26,34)(H,27,35)(H,28,36)(H,29,37);3H2,1-2H3. The molecule has 0 bridgehead atoms. The number of aromatic nitrogens is 6. The Hall–Kier alpha value is -8.47. The van der Waals surface area contributed by atoms with Gasteiger partial charge in [0.2, 0.25) is 47.3 Å². The minimum Gasteiger partial charge on any atom is -0.473 e. The second-order valence-electron chi connectivity index (χ2n) is 30.8. The van der Waals surface area contributed by atoms with Crippen molar-refractivity contribution in [3.05, 3.63) is 36.2 Å². The van der Waals surface area contributed by atoms with Crippen LogP contribution in [-0.2, 0) is 188 Å². The lowest BCUT2D eigenvalue weighted by Crippen LogP contribution is -2.45. The van der Waals surface area contributed by atoms with Gasteiger partial charge in [0, 0.05) is 53.1 Å². The molecule has 0 unspecified atom stereocenters.